The summed E-state index contributed by atoms with van der Waals surface area (Å²) in [5.74, 6) is 2.35. The number of ether oxygens (including phenoxy) is 2. The second-order valence-electron chi connectivity index (χ2n) is 4.98. The minimum Gasteiger partial charge on any atom is -0.493 e. The van der Waals surface area contributed by atoms with Gasteiger partial charge in [-0.3, -0.25) is 4.99 Å². The molecule has 0 fully saturated rings. The standard InChI is InChI=1S/C17H29N3O2/c1-5-7-8-11-19-17(18-3)20-13-14-9-10-15(21-4)16(12-14)22-6-2/h9-10,12H,5-8,11,13H2,1-4H3,(H2,18,19,20). The van der Waals surface area contributed by atoms with Gasteiger partial charge in [0.2, 0.25) is 0 Å². The third kappa shape index (κ3) is 6.24. The molecule has 0 bridgehead atoms. The minimum absolute atomic E-state index is 0.619. The maximum Gasteiger partial charge on any atom is 0.191 e. The summed E-state index contributed by atoms with van der Waals surface area (Å²) in [6.07, 6.45) is 3.62. The van der Waals surface area contributed by atoms with Crippen molar-refractivity contribution in [2.45, 2.75) is 39.7 Å². The fourth-order valence-electron chi connectivity index (χ4n) is 2.09. The Labute approximate surface area is 134 Å². The Hall–Kier alpha value is -1.91. The number of benzene rings is 1. The Morgan fingerprint density at radius 2 is 1.95 bits per heavy atom. The number of aliphatic imine (C=N–C) groups is 1. The third-order valence-corrected chi connectivity index (χ3v) is 3.28. The largest absolute Gasteiger partial charge is 0.493 e. The molecule has 0 aromatic heterocycles. The summed E-state index contributed by atoms with van der Waals surface area (Å²) >= 11 is 0. The van der Waals surface area contributed by atoms with Gasteiger partial charge in [-0.1, -0.05) is 25.8 Å². The first-order valence-corrected chi connectivity index (χ1v) is 7.99. The van der Waals surface area contributed by atoms with Gasteiger partial charge in [0.05, 0.1) is 13.7 Å². The summed E-state index contributed by atoms with van der Waals surface area (Å²) in [6.45, 7) is 6.42. The summed E-state index contributed by atoms with van der Waals surface area (Å²) < 4.78 is 10.9. The normalized spacial score (nSPS) is 11.2. The second-order valence-corrected chi connectivity index (χ2v) is 4.98. The maximum atomic E-state index is 5.59. The van der Waals surface area contributed by atoms with Crippen LogP contribution in [0.25, 0.3) is 0 Å². The van der Waals surface area contributed by atoms with Gasteiger partial charge in [0.15, 0.2) is 17.5 Å². The lowest BCUT2D eigenvalue weighted by Gasteiger charge is -2.14. The molecule has 1 rings (SSSR count). The summed E-state index contributed by atoms with van der Waals surface area (Å²) in [5, 5.41) is 6.63. The molecule has 0 spiro atoms. The Balaban J connectivity index is 2.53. The predicted molar refractivity (Wildman–Crippen MR) is 91.9 cm³/mol. The van der Waals surface area contributed by atoms with Gasteiger partial charge < -0.3 is 20.1 Å². The number of nitrogens with zero attached hydrogens (tertiary/aromatic N) is 1. The highest BCUT2D eigenvalue weighted by Gasteiger charge is 2.06. The summed E-state index contributed by atoms with van der Waals surface area (Å²) in [7, 11) is 3.44. The first kappa shape index (κ1) is 18.1. The van der Waals surface area contributed by atoms with Gasteiger partial charge in [-0.05, 0) is 31.0 Å². The van der Waals surface area contributed by atoms with Crippen molar-refractivity contribution >= 4 is 5.96 Å². The van der Waals surface area contributed by atoms with Gasteiger partial charge in [-0.25, -0.2) is 0 Å². The van der Waals surface area contributed by atoms with Crippen molar-refractivity contribution < 1.29 is 9.47 Å². The third-order valence-electron chi connectivity index (χ3n) is 3.28. The molecular weight excluding hydrogens is 278 g/mol. The van der Waals surface area contributed by atoms with Crippen LogP contribution in [-0.2, 0) is 6.54 Å². The van der Waals surface area contributed by atoms with E-state index in [9.17, 15) is 0 Å². The van der Waals surface area contributed by atoms with E-state index in [2.05, 4.69) is 22.5 Å². The average Bonchev–Trinajstić information content (AvgIpc) is 2.55. The van der Waals surface area contributed by atoms with Crippen LogP contribution < -0.4 is 20.1 Å². The number of hydrogen-bond donors (Lipinski definition) is 2. The van der Waals surface area contributed by atoms with Crippen molar-refractivity contribution in [2.75, 3.05) is 27.3 Å². The number of methoxy groups -OCH3 is 1. The molecule has 0 saturated carbocycles. The highest BCUT2D eigenvalue weighted by atomic mass is 16.5. The molecule has 2 N–H and O–H groups in total. The number of nitrogens with one attached hydrogen (secondary N) is 2. The number of rotatable bonds is 9. The van der Waals surface area contributed by atoms with Crippen molar-refractivity contribution in [3.63, 3.8) is 0 Å². The van der Waals surface area contributed by atoms with E-state index < -0.39 is 0 Å². The number of guanidine groups is 1. The average molecular weight is 307 g/mol. The van der Waals surface area contributed by atoms with Crippen molar-refractivity contribution in [1.29, 1.82) is 0 Å². The fraction of sp³-hybridized carbons (Fsp3) is 0.588. The molecule has 0 saturated heterocycles. The molecule has 5 heteroatoms. The smallest absolute Gasteiger partial charge is 0.191 e. The van der Waals surface area contributed by atoms with Crippen molar-refractivity contribution in [1.82, 2.24) is 10.6 Å². The second kappa shape index (κ2) is 10.8. The van der Waals surface area contributed by atoms with Crippen LogP contribution in [0.4, 0.5) is 0 Å². The van der Waals surface area contributed by atoms with Crippen LogP contribution in [0.2, 0.25) is 0 Å². The first-order valence-electron chi connectivity index (χ1n) is 7.99. The molecule has 0 heterocycles. The molecule has 124 valence electrons. The Kier molecular flexibility index (Phi) is 8.88. The topological polar surface area (TPSA) is 54.9 Å². The zero-order chi connectivity index (χ0) is 16.2. The van der Waals surface area contributed by atoms with Crippen LogP contribution in [0.15, 0.2) is 23.2 Å². The fourth-order valence-corrected chi connectivity index (χ4v) is 2.09. The number of hydrogen-bond acceptors (Lipinski definition) is 3. The van der Waals surface area contributed by atoms with Crippen LogP contribution in [-0.4, -0.2) is 33.3 Å². The van der Waals surface area contributed by atoms with Gasteiger partial charge >= 0.3 is 0 Å². The molecule has 1 aromatic carbocycles. The SMILES string of the molecule is CCCCCNC(=NC)NCc1ccc(OC)c(OCC)c1. The van der Waals surface area contributed by atoms with E-state index in [0.717, 1.165) is 36.0 Å². The molecular formula is C17H29N3O2. The zero-order valence-electron chi connectivity index (χ0n) is 14.2. The zero-order valence-corrected chi connectivity index (χ0v) is 14.2. The predicted octanol–water partition coefficient (Wildman–Crippen LogP) is 2.95. The van der Waals surface area contributed by atoms with Crippen molar-refractivity contribution in [3.8, 4) is 11.5 Å². The molecule has 0 amide bonds. The highest BCUT2D eigenvalue weighted by Crippen LogP contribution is 2.27. The van der Waals surface area contributed by atoms with E-state index in [4.69, 9.17) is 9.47 Å². The lowest BCUT2D eigenvalue weighted by Crippen LogP contribution is -2.37. The Morgan fingerprint density at radius 3 is 2.59 bits per heavy atom. The lowest BCUT2D eigenvalue weighted by atomic mass is 10.2. The monoisotopic (exact) mass is 307 g/mol. The molecule has 0 atom stereocenters. The molecule has 1 aromatic rings. The Morgan fingerprint density at radius 1 is 1.14 bits per heavy atom. The van der Waals surface area contributed by atoms with E-state index in [1.54, 1.807) is 14.2 Å². The quantitative estimate of drug-likeness (QED) is 0.418. The molecule has 0 radical (unpaired) electrons. The van der Waals surface area contributed by atoms with Crippen LogP contribution >= 0.6 is 0 Å². The van der Waals surface area contributed by atoms with Gasteiger partial charge in [0.25, 0.3) is 0 Å². The summed E-state index contributed by atoms with van der Waals surface area (Å²) in [5.41, 5.74) is 1.13. The van der Waals surface area contributed by atoms with Crippen LogP contribution in [0.3, 0.4) is 0 Å². The van der Waals surface area contributed by atoms with Crippen LogP contribution in [0, 0.1) is 0 Å². The summed E-state index contributed by atoms with van der Waals surface area (Å²) in [6, 6.07) is 5.96. The van der Waals surface area contributed by atoms with Gasteiger partial charge in [0.1, 0.15) is 0 Å². The van der Waals surface area contributed by atoms with E-state index in [1.165, 1.54) is 12.8 Å². The highest BCUT2D eigenvalue weighted by molar-refractivity contribution is 5.79. The molecule has 22 heavy (non-hydrogen) atoms. The molecule has 0 aliphatic heterocycles. The maximum absolute atomic E-state index is 5.59. The van der Waals surface area contributed by atoms with Crippen molar-refractivity contribution in [2.24, 2.45) is 4.99 Å². The molecule has 0 aliphatic carbocycles. The lowest BCUT2D eigenvalue weighted by molar-refractivity contribution is 0.310. The van der Waals surface area contributed by atoms with Gasteiger partial charge in [0, 0.05) is 20.1 Å². The van der Waals surface area contributed by atoms with E-state index in [0.29, 0.717) is 13.2 Å². The van der Waals surface area contributed by atoms with Gasteiger partial charge in [-0.2, -0.15) is 0 Å². The van der Waals surface area contributed by atoms with Gasteiger partial charge in [-0.15, -0.1) is 0 Å². The van der Waals surface area contributed by atoms with E-state index >= 15 is 0 Å². The summed E-state index contributed by atoms with van der Waals surface area (Å²) in [4.78, 5) is 4.23. The number of unbranched alkanes of at least 4 members (excludes halogenated alkanes) is 2. The minimum atomic E-state index is 0.619. The van der Waals surface area contributed by atoms with E-state index in [-0.39, 0.29) is 0 Å². The van der Waals surface area contributed by atoms with Crippen molar-refractivity contribution in [3.05, 3.63) is 23.8 Å². The van der Waals surface area contributed by atoms with Crippen LogP contribution in [0.5, 0.6) is 11.5 Å². The van der Waals surface area contributed by atoms with E-state index in [1.807, 2.05) is 25.1 Å². The molecule has 0 unspecified atom stereocenters. The van der Waals surface area contributed by atoms with Crippen LogP contribution in [0.1, 0.15) is 38.7 Å². The Bertz CT molecular complexity index is 461. The molecule has 0 aliphatic rings. The first-order chi connectivity index (χ1) is 10.7. The molecule has 5 nitrogen and oxygen atoms in total.